The molecule has 7 heteroatoms. The lowest BCUT2D eigenvalue weighted by atomic mass is 9.88. The van der Waals surface area contributed by atoms with Gasteiger partial charge in [0.1, 0.15) is 6.04 Å². The van der Waals surface area contributed by atoms with Crippen LogP contribution in [0.1, 0.15) is 48.5 Å². The van der Waals surface area contributed by atoms with E-state index in [9.17, 15) is 9.59 Å². The number of likely N-dealkylation sites (tertiary alicyclic amines) is 2. The van der Waals surface area contributed by atoms with E-state index in [0.717, 1.165) is 69.1 Å². The molecule has 2 aliphatic rings. The van der Waals surface area contributed by atoms with Crippen molar-refractivity contribution in [2.75, 3.05) is 32.7 Å². The molecule has 1 aromatic carbocycles. The molecule has 2 amide bonds. The predicted molar refractivity (Wildman–Crippen MR) is 119 cm³/mol. The summed E-state index contributed by atoms with van der Waals surface area (Å²) in [5.41, 5.74) is 1.56. The molecule has 2 fully saturated rings. The Hall–Kier alpha value is -2.15. The van der Waals surface area contributed by atoms with E-state index in [4.69, 9.17) is 12.2 Å². The van der Waals surface area contributed by atoms with Gasteiger partial charge in [-0.3, -0.25) is 9.59 Å². The molecule has 2 N–H and O–H groups in total. The highest BCUT2D eigenvalue weighted by Gasteiger charge is 2.36. The Labute approximate surface area is 179 Å². The Morgan fingerprint density at radius 1 is 1.10 bits per heavy atom. The Morgan fingerprint density at radius 2 is 1.76 bits per heavy atom. The van der Waals surface area contributed by atoms with Crippen molar-refractivity contribution < 1.29 is 9.59 Å². The van der Waals surface area contributed by atoms with Crippen LogP contribution in [0.5, 0.6) is 0 Å². The van der Waals surface area contributed by atoms with Crippen LogP contribution in [0.25, 0.3) is 0 Å². The standard InChI is InChI=1S/C22H32N4O2S/c1-3-23-22(29)26-14-10-17(11-15-26)19(21(28)25-12-6-7-13-25)24-20(27)18-9-5-4-8-16(18)2/h4-5,8-9,17,19H,3,6-7,10-15H2,1-2H3,(H,23,29)(H,24,27)/t19-/m1/s1. The molecule has 1 atom stereocenters. The molecule has 0 aromatic heterocycles. The summed E-state index contributed by atoms with van der Waals surface area (Å²) in [6.45, 7) is 7.96. The number of rotatable bonds is 5. The number of piperidine rings is 1. The third-order valence-electron chi connectivity index (χ3n) is 5.99. The number of amides is 2. The SMILES string of the molecule is CCNC(=S)N1CCC([C@@H](NC(=O)c2ccccc2C)C(=O)N2CCCC2)CC1. The van der Waals surface area contributed by atoms with E-state index in [1.165, 1.54) is 0 Å². The number of benzene rings is 1. The van der Waals surface area contributed by atoms with Gasteiger partial charge in [0, 0.05) is 38.3 Å². The topological polar surface area (TPSA) is 64.7 Å². The second kappa shape index (κ2) is 10.1. The van der Waals surface area contributed by atoms with Gasteiger partial charge in [0.05, 0.1) is 0 Å². The fourth-order valence-electron chi connectivity index (χ4n) is 4.26. The predicted octanol–water partition coefficient (Wildman–Crippen LogP) is 2.32. The lowest BCUT2D eigenvalue weighted by molar-refractivity contribution is -0.134. The van der Waals surface area contributed by atoms with Crippen LogP contribution in [0.3, 0.4) is 0 Å². The van der Waals surface area contributed by atoms with Gasteiger partial charge in [-0.25, -0.2) is 0 Å². The maximum atomic E-state index is 13.3. The lowest BCUT2D eigenvalue weighted by Gasteiger charge is -2.38. The normalized spacial score (nSPS) is 18.4. The molecule has 3 rings (SSSR count). The third kappa shape index (κ3) is 5.26. The summed E-state index contributed by atoms with van der Waals surface area (Å²) in [6, 6.07) is 7.04. The Kier molecular flexibility index (Phi) is 7.47. The van der Waals surface area contributed by atoms with E-state index in [2.05, 4.69) is 15.5 Å². The van der Waals surface area contributed by atoms with Crippen LogP contribution in [0, 0.1) is 12.8 Å². The maximum Gasteiger partial charge on any atom is 0.252 e. The van der Waals surface area contributed by atoms with Crippen LogP contribution in [0.4, 0.5) is 0 Å². The zero-order valence-corrected chi connectivity index (χ0v) is 18.3. The van der Waals surface area contributed by atoms with Crippen molar-refractivity contribution in [2.24, 2.45) is 5.92 Å². The second-order valence-corrected chi connectivity index (χ2v) is 8.35. The highest BCUT2D eigenvalue weighted by molar-refractivity contribution is 7.80. The summed E-state index contributed by atoms with van der Waals surface area (Å²) in [5.74, 6) is 0.0279. The average molecular weight is 417 g/mol. The molecule has 2 saturated heterocycles. The smallest absolute Gasteiger partial charge is 0.252 e. The molecule has 0 saturated carbocycles. The lowest BCUT2D eigenvalue weighted by Crippen LogP contribution is -2.55. The Morgan fingerprint density at radius 3 is 2.38 bits per heavy atom. The zero-order valence-electron chi connectivity index (χ0n) is 17.4. The van der Waals surface area contributed by atoms with E-state index in [1.807, 2.05) is 43.0 Å². The van der Waals surface area contributed by atoms with Gasteiger partial charge >= 0.3 is 0 Å². The molecule has 0 spiro atoms. The summed E-state index contributed by atoms with van der Waals surface area (Å²) >= 11 is 5.43. The highest BCUT2D eigenvalue weighted by atomic mass is 32.1. The summed E-state index contributed by atoms with van der Waals surface area (Å²) in [4.78, 5) is 30.3. The first-order chi connectivity index (χ1) is 14.0. The number of hydrogen-bond donors (Lipinski definition) is 2. The van der Waals surface area contributed by atoms with Crippen LogP contribution in [-0.4, -0.2) is 65.5 Å². The maximum absolute atomic E-state index is 13.3. The van der Waals surface area contributed by atoms with E-state index >= 15 is 0 Å². The molecule has 29 heavy (non-hydrogen) atoms. The summed E-state index contributed by atoms with van der Waals surface area (Å²) < 4.78 is 0. The first-order valence-electron chi connectivity index (χ1n) is 10.7. The van der Waals surface area contributed by atoms with Crippen LogP contribution in [0.15, 0.2) is 24.3 Å². The number of carbonyl (C=O) groups is 2. The van der Waals surface area contributed by atoms with Crippen molar-refractivity contribution in [1.29, 1.82) is 0 Å². The number of carbonyl (C=O) groups excluding carboxylic acids is 2. The molecule has 0 bridgehead atoms. The van der Waals surface area contributed by atoms with Crippen molar-refractivity contribution in [2.45, 2.75) is 45.6 Å². The molecule has 0 radical (unpaired) electrons. The first-order valence-corrected chi connectivity index (χ1v) is 11.1. The molecule has 0 unspecified atom stereocenters. The molecule has 6 nitrogen and oxygen atoms in total. The van der Waals surface area contributed by atoms with E-state index in [-0.39, 0.29) is 17.7 Å². The fourth-order valence-corrected chi connectivity index (χ4v) is 4.59. The minimum atomic E-state index is -0.477. The second-order valence-electron chi connectivity index (χ2n) is 7.96. The first kappa shape index (κ1) is 21.6. The number of aryl methyl sites for hydroxylation is 1. The largest absolute Gasteiger partial charge is 0.363 e. The Bertz CT molecular complexity index is 740. The monoisotopic (exact) mass is 416 g/mol. The van der Waals surface area contributed by atoms with Crippen LogP contribution in [-0.2, 0) is 4.79 Å². The summed E-state index contributed by atoms with van der Waals surface area (Å²) in [5, 5.41) is 7.07. The number of hydrogen-bond acceptors (Lipinski definition) is 3. The van der Waals surface area contributed by atoms with Crippen molar-refractivity contribution >= 4 is 29.1 Å². The molecule has 0 aliphatic carbocycles. The fraction of sp³-hybridized carbons (Fsp3) is 0.591. The minimum Gasteiger partial charge on any atom is -0.363 e. The highest BCUT2D eigenvalue weighted by Crippen LogP contribution is 2.24. The molecule has 2 heterocycles. The summed E-state index contributed by atoms with van der Waals surface area (Å²) in [7, 11) is 0. The van der Waals surface area contributed by atoms with Crippen molar-refractivity contribution in [3.8, 4) is 0 Å². The van der Waals surface area contributed by atoms with Gasteiger partial charge in [-0.2, -0.15) is 0 Å². The number of thiocarbonyl (C=S) groups is 1. The van der Waals surface area contributed by atoms with Gasteiger partial charge in [-0.05, 0) is 69.3 Å². The number of nitrogens with one attached hydrogen (secondary N) is 2. The van der Waals surface area contributed by atoms with E-state index < -0.39 is 6.04 Å². The van der Waals surface area contributed by atoms with Crippen molar-refractivity contribution in [3.63, 3.8) is 0 Å². The molecule has 1 aromatic rings. The van der Waals surface area contributed by atoms with Crippen LogP contribution < -0.4 is 10.6 Å². The van der Waals surface area contributed by atoms with Crippen LogP contribution in [0.2, 0.25) is 0 Å². The molecule has 2 aliphatic heterocycles. The van der Waals surface area contributed by atoms with Gasteiger partial charge in [0.2, 0.25) is 5.91 Å². The minimum absolute atomic E-state index is 0.0668. The quantitative estimate of drug-likeness (QED) is 0.722. The van der Waals surface area contributed by atoms with E-state index in [1.54, 1.807) is 0 Å². The average Bonchev–Trinajstić information content (AvgIpc) is 3.27. The molecular weight excluding hydrogens is 384 g/mol. The third-order valence-corrected chi connectivity index (χ3v) is 6.39. The van der Waals surface area contributed by atoms with Gasteiger partial charge < -0.3 is 20.4 Å². The van der Waals surface area contributed by atoms with Gasteiger partial charge in [-0.15, -0.1) is 0 Å². The molecule has 158 valence electrons. The van der Waals surface area contributed by atoms with E-state index in [0.29, 0.717) is 5.56 Å². The molecular formula is C22H32N4O2S. The summed E-state index contributed by atoms with van der Waals surface area (Å²) in [6.07, 6.45) is 3.76. The van der Waals surface area contributed by atoms with Crippen molar-refractivity contribution in [1.82, 2.24) is 20.4 Å². The van der Waals surface area contributed by atoms with Gasteiger partial charge in [0.25, 0.3) is 5.91 Å². The van der Waals surface area contributed by atoms with Crippen LogP contribution >= 0.6 is 12.2 Å². The van der Waals surface area contributed by atoms with Gasteiger partial charge in [-0.1, -0.05) is 18.2 Å². The number of nitrogens with zero attached hydrogens (tertiary/aromatic N) is 2. The Balaban J connectivity index is 1.72. The van der Waals surface area contributed by atoms with Crippen molar-refractivity contribution in [3.05, 3.63) is 35.4 Å². The zero-order chi connectivity index (χ0) is 20.8. The van der Waals surface area contributed by atoms with Gasteiger partial charge in [0.15, 0.2) is 5.11 Å².